The van der Waals surface area contributed by atoms with E-state index in [2.05, 4.69) is 20.5 Å². The lowest BCUT2D eigenvalue weighted by molar-refractivity contribution is 0.0951. The van der Waals surface area contributed by atoms with E-state index in [1.807, 2.05) is 18.2 Å². The third-order valence-corrected chi connectivity index (χ3v) is 5.14. The maximum absolute atomic E-state index is 13.9. The Bertz CT molecular complexity index is 808. The molecule has 2 aromatic rings. The number of pyridine rings is 1. The predicted octanol–water partition coefficient (Wildman–Crippen LogP) is 3.19. The number of rotatable bonds is 6. The zero-order valence-corrected chi connectivity index (χ0v) is 15.3. The van der Waals surface area contributed by atoms with Crippen molar-refractivity contribution in [1.82, 2.24) is 15.2 Å². The van der Waals surface area contributed by atoms with E-state index in [-0.39, 0.29) is 17.8 Å². The van der Waals surface area contributed by atoms with Crippen LogP contribution in [0.1, 0.15) is 41.6 Å². The Kier molecular flexibility index (Phi) is 5.34. The van der Waals surface area contributed by atoms with Gasteiger partial charge in [-0.05, 0) is 50.4 Å². The summed E-state index contributed by atoms with van der Waals surface area (Å²) in [7, 11) is 0. The summed E-state index contributed by atoms with van der Waals surface area (Å²) in [5.41, 5.74) is 1.37. The van der Waals surface area contributed by atoms with Gasteiger partial charge in [0.1, 0.15) is 11.6 Å². The van der Waals surface area contributed by atoms with Crippen LogP contribution in [0.5, 0.6) is 0 Å². The first-order chi connectivity index (χ1) is 13.2. The average Bonchev–Trinajstić information content (AvgIpc) is 3.48. The van der Waals surface area contributed by atoms with Crippen molar-refractivity contribution < 1.29 is 9.18 Å². The van der Waals surface area contributed by atoms with Gasteiger partial charge in [-0.15, -0.1) is 0 Å². The van der Waals surface area contributed by atoms with Gasteiger partial charge in [0.05, 0.1) is 0 Å². The minimum absolute atomic E-state index is 0.0345. The van der Waals surface area contributed by atoms with Crippen molar-refractivity contribution in [2.45, 2.75) is 44.3 Å². The fourth-order valence-corrected chi connectivity index (χ4v) is 3.54. The molecule has 27 heavy (non-hydrogen) atoms. The minimum Gasteiger partial charge on any atom is -0.366 e. The molecule has 2 N–H and O–H groups in total. The first-order valence-electron chi connectivity index (χ1n) is 9.66. The summed E-state index contributed by atoms with van der Waals surface area (Å²) in [5.74, 6) is 0.535. The van der Waals surface area contributed by atoms with Crippen LogP contribution >= 0.6 is 0 Å². The Morgan fingerprint density at radius 3 is 2.85 bits per heavy atom. The highest BCUT2D eigenvalue weighted by Gasteiger charge is 2.24. The molecule has 1 aliphatic carbocycles. The van der Waals surface area contributed by atoms with Crippen LogP contribution < -0.4 is 10.6 Å². The van der Waals surface area contributed by atoms with Crippen LogP contribution in [0.2, 0.25) is 0 Å². The summed E-state index contributed by atoms with van der Waals surface area (Å²) in [4.78, 5) is 18.8. The summed E-state index contributed by atoms with van der Waals surface area (Å²) in [6, 6.07) is 11.1. The Labute approximate surface area is 159 Å². The molecule has 1 atom stereocenters. The highest BCUT2D eigenvalue weighted by atomic mass is 19.1. The number of carbonyl (C=O) groups excluding carboxylic acids is 1. The number of anilines is 1. The third kappa shape index (κ3) is 4.83. The molecule has 0 unspecified atom stereocenters. The van der Waals surface area contributed by atoms with Crippen molar-refractivity contribution in [2.75, 3.05) is 18.4 Å². The zero-order chi connectivity index (χ0) is 18.6. The molecular formula is C21H25FN4O. The van der Waals surface area contributed by atoms with Crippen LogP contribution in [-0.2, 0) is 6.54 Å². The van der Waals surface area contributed by atoms with E-state index in [0.29, 0.717) is 18.2 Å². The lowest BCUT2D eigenvalue weighted by Gasteiger charge is -2.33. The fourth-order valence-electron chi connectivity index (χ4n) is 3.54. The minimum atomic E-state index is -0.149. The first-order valence-corrected chi connectivity index (χ1v) is 9.66. The molecule has 2 heterocycles. The van der Waals surface area contributed by atoms with Crippen molar-refractivity contribution >= 4 is 11.7 Å². The van der Waals surface area contributed by atoms with Crippen LogP contribution in [0.4, 0.5) is 10.2 Å². The molecule has 1 aromatic carbocycles. The van der Waals surface area contributed by atoms with Gasteiger partial charge in [-0.1, -0.05) is 18.2 Å². The molecule has 0 radical (unpaired) electrons. The molecule has 1 aromatic heterocycles. The summed E-state index contributed by atoms with van der Waals surface area (Å²) in [5, 5.41) is 6.45. The van der Waals surface area contributed by atoms with Crippen molar-refractivity contribution in [1.29, 1.82) is 0 Å². The van der Waals surface area contributed by atoms with Gasteiger partial charge in [0.2, 0.25) is 0 Å². The topological polar surface area (TPSA) is 57.3 Å². The average molecular weight is 368 g/mol. The molecule has 0 spiro atoms. The highest BCUT2D eigenvalue weighted by molar-refractivity contribution is 5.95. The van der Waals surface area contributed by atoms with Crippen LogP contribution in [0, 0.1) is 5.82 Å². The van der Waals surface area contributed by atoms with Crippen molar-refractivity contribution in [3.8, 4) is 0 Å². The highest BCUT2D eigenvalue weighted by Crippen LogP contribution is 2.21. The zero-order valence-electron chi connectivity index (χ0n) is 15.3. The maximum atomic E-state index is 13.9. The molecule has 1 amide bonds. The molecular weight excluding hydrogens is 343 g/mol. The number of benzene rings is 1. The van der Waals surface area contributed by atoms with Crippen molar-refractivity contribution in [2.24, 2.45) is 0 Å². The van der Waals surface area contributed by atoms with Gasteiger partial charge < -0.3 is 10.6 Å². The number of halogens is 1. The number of aromatic nitrogens is 1. The first kappa shape index (κ1) is 17.9. The lowest BCUT2D eigenvalue weighted by Crippen LogP contribution is -2.41. The Hall–Kier alpha value is -2.47. The molecule has 0 bridgehead atoms. The Morgan fingerprint density at radius 1 is 1.19 bits per heavy atom. The van der Waals surface area contributed by atoms with Crippen molar-refractivity contribution in [3.05, 3.63) is 59.5 Å². The standard InChI is InChI=1S/C21H25FN4O/c22-19-6-2-1-4-16(19)13-26-11-3-5-18(14-26)24-20-12-15(9-10-23-20)21(27)25-17-7-8-17/h1-2,4,6,9-10,12,17-18H,3,5,7-8,11,13-14H2,(H,23,24)(H,25,27)/t18-/m0/s1. The fraction of sp³-hybridized carbons (Fsp3) is 0.429. The molecule has 1 aliphatic heterocycles. The van der Waals surface area contributed by atoms with Gasteiger partial charge in [0.25, 0.3) is 5.91 Å². The summed E-state index contributed by atoms with van der Waals surface area (Å²) >= 11 is 0. The molecule has 6 heteroatoms. The number of hydrogen-bond acceptors (Lipinski definition) is 4. The monoisotopic (exact) mass is 368 g/mol. The quantitative estimate of drug-likeness (QED) is 0.822. The Balaban J connectivity index is 1.36. The molecule has 1 saturated heterocycles. The van der Waals surface area contributed by atoms with Crippen LogP contribution in [-0.4, -0.2) is 41.0 Å². The number of amides is 1. The second kappa shape index (κ2) is 8.05. The second-order valence-corrected chi connectivity index (χ2v) is 7.49. The van der Waals surface area contributed by atoms with E-state index in [1.165, 1.54) is 6.07 Å². The number of nitrogens with zero attached hydrogens (tertiary/aromatic N) is 2. The van der Waals surface area contributed by atoms with Crippen LogP contribution in [0.25, 0.3) is 0 Å². The molecule has 2 aliphatic rings. The number of likely N-dealkylation sites (tertiary alicyclic amines) is 1. The van der Waals surface area contributed by atoms with Gasteiger partial charge in [-0.25, -0.2) is 9.37 Å². The third-order valence-electron chi connectivity index (χ3n) is 5.14. The molecule has 5 nitrogen and oxygen atoms in total. The Morgan fingerprint density at radius 2 is 2.04 bits per heavy atom. The number of hydrogen-bond donors (Lipinski definition) is 2. The van der Waals surface area contributed by atoms with Gasteiger partial charge in [-0.2, -0.15) is 0 Å². The summed E-state index contributed by atoms with van der Waals surface area (Å²) in [6.45, 7) is 2.40. The number of nitrogens with one attached hydrogen (secondary N) is 2. The van der Waals surface area contributed by atoms with Gasteiger partial charge in [-0.3, -0.25) is 9.69 Å². The van der Waals surface area contributed by atoms with Gasteiger partial charge in [0.15, 0.2) is 0 Å². The molecule has 1 saturated carbocycles. The largest absolute Gasteiger partial charge is 0.366 e. The predicted molar refractivity (Wildman–Crippen MR) is 103 cm³/mol. The summed E-state index contributed by atoms with van der Waals surface area (Å²) in [6.07, 6.45) is 5.90. The number of piperidine rings is 1. The molecule has 4 rings (SSSR count). The van der Waals surface area contributed by atoms with Crippen LogP contribution in [0.15, 0.2) is 42.6 Å². The lowest BCUT2D eigenvalue weighted by atomic mass is 10.0. The second-order valence-electron chi connectivity index (χ2n) is 7.49. The van der Waals surface area contributed by atoms with E-state index in [0.717, 1.165) is 50.2 Å². The summed E-state index contributed by atoms with van der Waals surface area (Å²) < 4.78 is 13.9. The van der Waals surface area contributed by atoms with Crippen LogP contribution in [0.3, 0.4) is 0 Å². The normalized spacial score (nSPS) is 20.3. The smallest absolute Gasteiger partial charge is 0.251 e. The molecule has 2 fully saturated rings. The number of carbonyl (C=O) groups is 1. The van der Waals surface area contributed by atoms with Gasteiger partial charge >= 0.3 is 0 Å². The van der Waals surface area contributed by atoms with E-state index in [4.69, 9.17) is 0 Å². The maximum Gasteiger partial charge on any atom is 0.251 e. The van der Waals surface area contributed by atoms with E-state index in [9.17, 15) is 9.18 Å². The SMILES string of the molecule is O=C(NC1CC1)c1ccnc(N[C@H]2CCCN(Cc3ccccc3F)C2)c1. The van der Waals surface area contributed by atoms with E-state index < -0.39 is 0 Å². The van der Waals surface area contributed by atoms with Gasteiger partial charge in [0, 0.05) is 42.5 Å². The van der Waals surface area contributed by atoms with E-state index >= 15 is 0 Å². The van der Waals surface area contributed by atoms with E-state index in [1.54, 1.807) is 18.3 Å². The van der Waals surface area contributed by atoms with Crippen molar-refractivity contribution in [3.63, 3.8) is 0 Å². The molecule has 142 valence electrons.